The zero-order chi connectivity index (χ0) is 22.8. The molecular weight excluding hydrogens is 438 g/mol. The summed E-state index contributed by atoms with van der Waals surface area (Å²) in [5.74, 6) is 1.17. The minimum atomic E-state index is -0.172. The Morgan fingerprint density at radius 2 is 1.64 bits per heavy atom. The van der Waals surface area contributed by atoms with Gasteiger partial charge < -0.3 is 19.0 Å². The van der Waals surface area contributed by atoms with E-state index in [1.54, 1.807) is 41.2 Å². The van der Waals surface area contributed by atoms with Crippen LogP contribution in [0.15, 0.2) is 65.1 Å². The lowest BCUT2D eigenvalue weighted by Crippen LogP contribution is -2.37. The Balaban J connectivity index is 1.28. The third kappa shape index (κ3) is 4.21. The number of hydrogen-bond donors (Lipinski definition) is 0. The third-order valence-electron chi connectivity index (χ3n) is 5.73. The molecule has 2 aromatic heterocycles. The first kappa shape index (κ1) is 21.2. The van der Waals surface area contributed by atoms with Crippen LogP contribution in [0.5, 0.6) is 5.75 Å². The number of para-hydroxylation sites is 2. The maximum atomic E-state index is 13.1. The fourth-order valence-electron chi connectivity index (χ4n) is 4.02. The van der Waals surface area contributed by atoms with E-state index in [9.17, 15) is 9.59 Å². The van der Waals surface area contributed by atoms with E-state index in [2.05, 4.69) is 4.98 Å². The number of carbonyl (C=O) groups is 2. The van der Waals surface area contributed by atoms with E-state index in [1.165, 1.54) is 11.3 Å². The van der Waals surface area contributed by atoms with Gasteiger partial charge in [0.05, 0.1) is 22.9 Å². The van der Waals surface area contributed by atoms with Gasteiger partial charge in [-0.3, -0.25) is 9.59 Å². The number of nitrogens with zero attached hydrogens (tertiary/aromatic N) is 3. The van der Waals surface area contributed by atoms with Crippen molar-refractivity contribution in [3.63, 3.8) is 0 Å². The van der Waals surface area contributed by atoms with Gasteiger partial charge in [0.25, 0.3) is 11.8 Å². The Labute approximate surface area is 195 Å². The molecule has 8 heteroatoms. The van der Waals surface area contributed by atoms with Crippen molar-refractivity contribution in [2.45, 2.75) is 6.42 Å². The molecule has 33 heavy (non-hydrogen) atoms. The number of carbonyl (C=O) groups excluding carboxylic acids is 2. The van der Waals surface area contributed by atoms with Gasteiger partial charge in [0.15, 0.2) is 16.5 Å². The van der Waals surface area contributed by atoms with Gasteiger partial charge in [0.1, 0.15) is 5.75 Å². The molecule has 7 nitrogen and oxygen atoms in total. The minimum Gasteiger partial charge on any atom is -0.496 e. The number of hydrogen-bond acceptors (Lipinski definition) is 6. The van der Waals surface area contributed by atoms with Gasteiger partial charge >= 0.3 is 0 Å². The number of furan rings is 1. The zero-order valence-electron chi connectivity index (χ0n) is 18.2. The second-order valence-electron chi connectivity index (χ2n) is 7.79. The highest BCUT2D eigenvalue weighted by Crippen LogP contribution is 2.31. The van der Waals surface area contributed by atoms with Crippen LogP contribution in [0.2, 0.25) is 0 Å². The van der Waals surface area contributed by atoms with Crippen LogP contribution in [-0.2, 0) is 0 Å². The van der Waals surface area contributed by atoms with E-state index in [-0.39, 0.29) is 17.6 Å². The van der Waals surface area contributed by atoms with Gasteiger partial charge in [0, 0.05) is 26.2 Å². The van der Waals surface area contributed by atoms with Crippen LogP contribution >= 0.6 is 11.3 Å². The fraction of sp³-hybridized carbons (Fsp3) is 0.240. The van der Waals surface area contributed by atoms with Gasteiger partial charge in [-0.1, -0.05) is 24.3 Å². The standard InChI is InChI=1S/C25H23N3O4S/c1-31-19-9-4-2-7-17(19)24(29)27-13-6-14-28(16-15-27)25(30)21-12-11-20(32-21)23-26-18-8-3-5-10-22(18)33-23/h2-5,7-12H,6,13-16H2,1H3. The van der Waals surface area contributed by atoms with Crippen LogP contribution in [0.1, 0.15) is 27.3 Å². The van der Waals surface area contributed by atoms with E-state index in [1.807, 2.05) is 36.4 Å². The minimum absolute atomic E-state index is 0.0853. The number of benzene rings is 2. The monoisotopic (exact) mass is 461 g/mol. The molecule has 5 rings (SSSR count). The van der Waals surface area contributed by atoms with E-state index >= 15 is 0 Å². The summed E-state index contributed by atoms with van der Waals surface area (Å²) in [5, 5.41) is 0.750. The zero-order valence-corrected chi connectivity index (χ0v) is 19.0. The molecule has 0 saturated carbocycles. The first-order valence-electron chi connectivity index (χ1n) is 10.8. The Bertz CT molecular complexity index is 1280. The largest absolute Gasteiger partial charge is 0.496 e. The Morgan fingerprint density at radius 3 is 2.42 bits per heavy atom. The number of thiazole rings is 1. The fourth-order valence-corrected chi connectivity index (χ4v) is 4.94. The highest BCUT2D eigenvalue weighted by molar-refractivity contribution is 7.21. The van der Waals surface area contributed by atoms with Crippen LogP contribution in [-0.4, -0.2) is 59.9 Å². The molecule has 0 N–H and O–H groups in total. The van der Waals surface area contributed by atoms with E-state index in [0.29, 0.717) is 49.7 Å². The summed E-state index contributed by atoms with van der Waals surface area (Å²) in [6, 6.07) is 18.6. The van der Waals surface area contributed by atoms with E-state index in [4.69, 9.17) is 9.15 Å². The van der Waals surface area contributed by atoms with Crippen molar-refractivity contribution in [2.75, 3.05) is 33.3 Å². The molecule has 2 aromatic carbocycles. The molecule has 0 radical (unpaired) electrons. The lowest BCUT2D eigenvalue weighted by molar-refractivity contribution is 0.0699. The first-order valence-corrected chi connectivity index (χ1v) is 11.6. The van der Waals surface area contributed by atoms with Crippen molar-refractivity contribution >= 4 is 33.4 Å². The molecule has 0 unspecified atom stereocenters. The van der Waals surface area contributed by atoms with Crippen molar-refractivity contribution in [3.05, 3.63) is 72.0 Å². The Morgan fingerprint density at radius 1 is 0.909 bits per heavy atom. The SMILES string of the molecule is COc1ccccc1C(=O)N1CCCN(C(=O)c2ccc(-c3nc4ccccc4s3)o2)CC1. The van der Waals surface area contributed by atoms with Gasteiger partial charge in [-0.25, -0.2) is 4.98 Å². The predicted molar refractivity (Wildman–Crippen MR) is 127 cm³/mol. The van der Waals surface area contributed by atoms with Gasteiger partial charge in [-0.2, -0.15) is 0 Å². The highest BCUT2D eigenvalue weighted by Gasteiger charge is 2.26. The van der Waals surface area contributed by atoms with Gasteiger partial charge in [-0.15, -0.1) is 11.3 Å². The Hall–Kier alpha value is -3.65. The molecule has 0 aliphatic carbocycles. The molecular formula is C25H23N3O4S. The second-order valence-corrected chi connectivity index (χ2v) is 8.82. The quantitative estimate of drug-likeness (QED) is 0.446. The van der Waals surface area contributed by atoms with Gasteiger partial charge in [-0.05, 0) is 42.8 Å². The molecule has 2 amide bonds. The summed E-state index contributed by atoms with van der Waals surface area (Å²) in [5.41, 5.74) is 1.44. The van der Waals surface area contributed by atoms with Crippen LogP contribution in [0, 0.1) is 0 Å². The molecule has 0 bridgehead atoms. The summed E-state index contributed by atoms with van der Waals surface area (Å²) in [4.78, 5) is 34.3. The summed E-state index contributed by atoms with van der Waals surface area (Å²) >= 11 is 1.53. The molecule has 1 aliphatic heterocycles. The molecule has 0 atom stereocenters. The summed E-state index contributed by atoms with van der Waals surface area (Å²) in [6.45, 7) is 2.03. The highest BCUT2D eigenvalue weighted by atomic mass is 32.1. The molecule has 1 fully saturated rings. The predicted octanol–water partition coefficient (Wildman–Crippen LogP) is 4.55. The summed E-state index contributed by atoms with van der Waals surface area (Å²) in [7, 11) is 1.56. The molecule has 4 aromatic rings. The molecule has 1 aliphatic rings. The smallest absolute Gasteiger partial charge is 0.289 e. The van der Waals surface area contributed by atoms with Crippen molar-refractivity contribution in [1.82, 2.24) is 14.8 Å². The van der Waals surface area contributed by atoms with E-state index < -0.39 is 0 Å². The lowest BCUT2D eigenvalue weighted by atomic mass is 10.1. The molecule has 1 saturated heterocycles. The van der Waals surface area contributed by atoms with Crippen molar-refractivity contribution in [3.8, 4) is 16.5 Å². The Kier molecular flexibility index (Phi) is 5.83. The maximum Gasteiger partial charge on any atom is 0.289 e. The van der Waals surface area contributed by atoms with Crippen molar-refractivity contribution in [2.24, 2.45) is 0 Å². The summed E-state index contributed by atoms with van der Waals surface area (Å²) < 4.78 is 12.3. The van der Waals surface area contributed by atoms with Crippen molar-refractivity contribution < 1.29 is 18.7 Å². The number of amides is 2. The van der Waals surface area contributed by atoms with Crippen LogP contribution in [0.4, 0.5) is 0 Å². The number of methoxy groups -OCH3 is 1. The number of ether oxygens (including phenoxy) is 1. The third-order valence-corrected chi connectivity index (χ3v) is 6.78. The molecule has 0 spiro atoms. The average Bonchev–Trinajstić information content (AvgIpc) is 3.44. The van der Waals surface area contributed by atoms with Crippen LogP contribution in [0.25, 0.3) is 21.0 Å². The normalized spacial score (nSPS) is 14.3. The topological polar surface area (TPSA) is 75.9 Å². The molecule has 168 valence electrons. The number of fused-ring (bicyclic) bond motifs is 1. The summed E-state index contributed by atoms with van der Waals surface area (Å²) in [6.07, 6.45) is 0.693. The average molecular weight is 462 g/mol. The second kappa shape index (κ2) is 9.07. The van der Waals surface area contributed by atoms with Gasteiger partial charge in [0.2, 0.25) is 0 Å². The molecule has 3 heterocycles. The van der Waals surface area contributed by atoms with Crippen molar-refractivity contribution in [1.29, 1.82) is 0 Å². The van der Waals surface area contributed by atoms with Crippen LogP contribution < -0.4 is 4.74 Å². The maximum absolute atomic E-state index is 13.1. The van der Waals surface area contributed by atoms with E-state index in [0.717, 1.165) is 15.2 Å². The number of rotatable bonds is 4. The first-order chi connectivity index (χ1) is 16.1. The van der Waals surface area contributed by atoms with Crippen LogP contribution in [0.3, 0.4) is 0 Å². The lowest BCUT2D eigenvalue weighted by Gasteiger charge is -2.22. The number of aromatic nitrogens is 1.